The van der Waals surface area contributed by atoms with Crippen LogP contribution in [0.1, 0.15) is 13.2 Å². The summed E-state index contributed by atoms with van der Waals surface area (Å²) in [6.45, 7) is 1.66. The quantitative estimate of drug-likeness (QED) is 0.311. The highest BCUT2D eigenvalue weighted by atomic mass is 16.6. The van der Waals surface area contributed by atoms with E-state index < -0.39 is 37.3 Å². The maximum absolute atomic E-state index is 10.3. The van der Waals surface area contributed by atoms with Gasteiger partial charge in [-0.1, -0.05) is 11.6 Å². The number of rotatable bonds is 6. The third kappa shape index (κ3) is 3.78. The molecule has 3 aliphatic heterocycles. The van der Waals surface area contributed by atoms with Gasteiger partial charge in [-0.25, -0.2) is 15.0 Å². The van der Waals surface area contributed by atoms with E-state index in [2.05, 4.69) is 20.3 Å². The minimum Gasteiger partial charge on any atom is -0.394 e. The lowest BCUT2D eigenvalue weighted by Crippen LogP contribution is -2.56. The van der Waals surface area contributed by atoms with Crippen molar-refractivity contribution >= 4 is 5.82 Å². The molecule has 0 aliphatic carbocycles. The molecule has 5 atom stereocenters. The first kappa shape index (κ1) is 19.6. The zero-order valence-corrected chi connectivity index (χ0v) is 14.7. The van der Waals surface area contributed by atoms with Gasteiger partial charge in [0.05, 0.1) is 13.2 Å². The second kappa shape index (κ2) is 8.25. The zero-order chi connectivity index (χ0) is 19.6. The normalized spacial score (nSPS) is 29.3. The van der Waals surface area contributed by atoms with Crippen LogP contribution >= 0.6 is 0 Å². The largest absolute Gasteiger partial charge is 0.394 e. The van der Waals surface area contributed by atoms with Gasteiger partial charge in [-0.05, 0) is 6.92 Å². The summed E-state index contributed by atoms with van der Waals surface area (Å²) in [4.78, 5) is 12.6. The lowest BCUT2D eigenvalue weighted by atomic mass is 9.98. The summed E-state index contributed by atoms with van der Waals surface area (Å²) in [5, 5.41) is 51.7. The van der Waals surface area contributed by atoms with Crippen LogP contribution in [0.4, 0.5) is 5.82 Å². The van der Waals surface area contributed by atoms with Gasteiger partial charge in [-0.3, -0.25) is 4.57 Å². The first-order chi connectivity index (χ1) is 13.0. The van der Waals surface area contributed by atoms with Gasteiger partial charge in [0.15, 0.2) is 23.6 Å². The smallest absolute Gasteiger partial charge is 0.167 e. The molecule has 27 heavy (non-hydrogen) atoms. The molecule has 0 aromatic rings. The molecule has 0 aromatic heterocycles. The summed E-state index contributed by atoms with van der Waals surface area (Å²) in [7, 11) is 0. The molecule has 3 rings (SSSR count). The number of aliphatic hydroxyl groups excluding tert-OH is 5. The standard InChI is InChI=1S/C16H23N5O6/c1-8(4-22)2-3-17-14-10-15(19-6-18-10)21(7-20-14)16-13(26)12(25)11(24)9(5-23)27-16/h2,6-7,9,11-13,16-17,22-26H,3-5H2,1H3/t9-,11-,12+,13-,16?/m1/s1. The van der Waals surface area contributed by atoms with Crippen molar-refractivity contribution in [1.29, 1.82) is 0 Å². The van der Waals surface area contributed by atoms with Crippen molar-refractivity contribution < 1.29 is 30.3 Å². The van der Waals surface area contributed by atoms with Crippen molar-refractivity contribution in [3.05, 3.63) is 24.3 Å². The molecule has 0 spiro atoms. The average Bonchev–Trinajstić information content (AvgIpc) is 3.17. The Morgan fingerprint density at radius 1 is 1.19 bits per heavy atom. The van der Waals surface area contributed by atoms with Crippen LogP contribution in [-0.2, 0) is 4.74 Å². The lowest BCUT2D eigenvalue weighted by molar-refractivity contribution is -0.251. The minimum absolute atomic E-state index is 0.0351. The minimum atomic E-state index is -1.50. The fourth-order valence-electron chi connectivity index (χ4n) is 2.87. The molecule has 3 aliphatic rings. The fourth-order valence-corrected chi connectivity index (χ4v) is 2.87. The predicted molar refractivity (Wildman–Crippen MR) is 92.8 cm³/mol. The van der Waals surface area contributed by atoms with Crippen molar-refractivity contribution in [2.75, 3.05) is 25.1 Å². The van der Waals surface area contributed by atoms with E-state index in [1.807, 2.05) is 6.08 Å². The number of ether oxygens (including phenoxy) is 1. The molecule has 0 aromatic carbocycles. The molecule has 11 heteroatoms. The Hall–Kier alpha value is -2.15. The molecular weight excluding hydrogens is 358 g/mol. The Balaban J connectivity index is 1.88. The highest BCUT2D eigenvalue weighted by Gasteiger charge is 2.45. The van der Waals surface area contributed by atoms with Crippen molar-refractivity contribution in [3.63, 3.8) is 0 Å². The molecule has 1 unspecified atom stereocenters. The van der Waals surface area contributed by atoms with E-state index in [0.717, 1.165) is 5.57 Å². The first-order valence-corrected chi connectivity index (χ1v) is 8.46. The van der Waals surface area contributed by atoms with Crippen molar-refractivity contribution in [3.8, 4) is 11.5 Å². The topological polar surface area (TPSA) is 166 Å². The van der Waals surface area contributed by atoms with Crippen molar-refractivity contribution in [2.24, 2.45) is 0 Å². The monoisotopic (exact) mass is 381 g/mol. The molecule has 1 fully saturated rings. The summed E-state index contributed by atoms with van der Waals surface area (Å²) in [5.74, 6) is 0.796. The van der Waals surface area contributed by atoms with Gasteiger partial charge < -0.3 is 35.6 Å². The highest BCUT2D eigenvalue weighted by molar-refractivity contribution is 5.67. The molecule has 0 radical (unpaired) electrons. The Kier molecular flexibility index (Phi) is 5.99. The van der Waals surface area contributed by atoms with E-state index in [1.165, 1.54) is 17.2 Å². The number of imidazole rings is 1. The number of nitrogens with zero attached hydrogens (tertiary/aromatic N) is 4. The first-order valence-electron chi connectivity index (χ1n) is 8.46. The van der Waals surface area contributed by atoms with Crippen LogP contribution < -0.4 is 5.32 Å². The third-order valence-electron chi connectivity index (χ3n) is 4.47. The van der Waals surface area contributed by atoms with Crippen LogP contribution in [0.25, 0.3) is 11.5 Å². The molecular formula is C16H23N5O6. The van der Waals surface area contributed by atoms with E-state index in [9.17, 15) is 20.4 Å². The Morgan fingerprint density at radius 3 is 2.67 bits per heavy atom. The second-order valence-corrected chi connectivity index (χ2v) is 6.36. The second-order valence-electron chi connectivity index (χ2n) is 6.36. The van der Waals surface area contributed by atoms with Gasteiger partial charge in [0, 0.05) is 6.54 Å². The van der Waals surface area contributed by atoms with E-state index in [-0.39, 0.29) is 6.61 Å². The molecule has 11 nitrogen and oxygen atoms in total. The van der Waals surface area contributed by atoms with Crippen molar-refractivity contribution in [1.82, 2.24) is 19.5 Å². The number of aromatic nitrogens is 4. The van der Waals surface area contributed by atoms with Gasteiger partial charge in [0.1, 0.15) is 37.1 Å². The number of anilines is 1. The van der Waals surface area contributed by atoms with Gasteiger partial charge >= 0.3 is 0 Å². The Bertz CT molecular complexity index is 766. The van der Waals surface area contributed by atoms with Crippen LogP contribution in [0.15, 0.2) is 24.3 Å². The maximum atomic E-state index is 10.3. The van der Waals surface area contributed by atoms with Crippen LogP contribution in [-0.4, -0.2) is 89.2 Å². The predicted octanol–water partition coefficient (Wildman–Crippen LogP) is -1.90. The molecule has 3 heterocycles. The van der Waals surface area contributed by atoms with E-state index >= 15 is 0 Å². The summed E-state index contributed by atoms with van der Waals surface area (Å²) in [6.07, 6.45) is -2.05. The molecule has 0 bridgehead atoms. The van der Waals surface area contributed by atoms with Crippen LogP contribution in [0, 0.1) is 0 Å². The van der Waals surface area contributed by atoms with E-state index in [4.69, 9.17) is 9.84 Å². The maximum Gasteiger partial charge on any atom is 0.167 e. The van der Waals surface area contributed by atoms with Gasteiger partial charge in [0.25, 0.3) is 0 Å². The molecule has 0 amide bonds. The molecule has 0 saturated carbocycles. The zero-order valence-electron chi connectivity index (χ0n) is 14.7. The molecule has 1 saturated heterocycles. The average molecular weight is 381 g/mol. The van der Waals surface area contributed by atoms with Gasteiger partial charge in [-0.2, -0.15) is 0 Å². The number of hydrogen-bond donors (Lipinski definition) is 6. The Morgan fingerprint density at radius 2 is 1.96 bits per heavy atom. The number of aliphatic hydroxyl groups is 5. The molecule has 6 N–H and O–H groups in total. The van der Waals surface area contributed by atoms with Gasteiger partial charge in [0.2, 0.25) is 0 Å². The highest BCUT2D eigenvalue weighted by Crippen LogP contribution is 2.33. The number of nitrogens with one attached hydrogen (secondary N) is 1. The van der Waals surface area contributed by atoms with Crippen LogP contribution in [0.3, 0.4) is 0 Å². The summed E-state index contributed by atoms with van der Waals surface area (Å²) >= 11 is 0. The third-order valence-corrected chi connectivity index (χ3v) is 4.47. The lowest BCUT2D eigenvalue weighted by Gasteiger charge is -2.41. The molecule has 148 valence electrons. The summed E-state index contributed by atoms with van der Waals surface area (Å²) in [6, 6.07) is 0. The fraction of sp³-hybridized carbons (Fsp3) is 0.562. The van der Waals surface area contributed by atoms with Gasteiger partial charge in [-0.15, -0.1) is 0 Å². The number of hydrogen-bond acceptors (Lipinski definition) is 10. The van der Waals surface area contributed by atoms with E-state index in [0.29, 0.717) is 23.9 Å². The SMILES string of the molecule is CC(=CCNc1ncn(C2O[C@H](CO)[C@@H](O)[C@H](O)[C@H]2O)c2ncnc1-2)CO. The summed E-state index contributed by atoms with van der Waals surface area (Å²) < 4.78 is 6.94. The van der Waals surface area contributed by atoms with Crippen molar-refractivity contribution in [2.45, 2.75) is 37.6 Å². The Labute approximate surface area is 154 Å². The van der Waals surface area contributed by atoms with Crippen LogP contribution in [0.5, 0.6) is 0 Å². The number of fused-ring (bicyclic) bond motifs is 1. The van der Waals surface area contributed by atoms with Crippen LogP contribution in [0.2, 0.25) is 0 Å². The summed E-state index contributed by atoms with van der Waals surface area (Å²) in [5.41, 5.74) is 1.23. The van der Waals surface area contributed by atoms with E-state index in [1.54, 1.807) is 6.92 Å².